The molecule has 148 valence electrons. The Hall–Kier alpha value is -2.05. The smallest absolute Gasteiger partial charge is 0.353 e. The highest BCUT2D eigenvalue weighted by Gasteiger charge is 2.38. The van der Waals surface area contributed by atoms with Gasteiger partial charge in [-0.25, -0.2) is 0 Å². The number of carbonyl (C=O) groups excluding carboxylic acids is 2. The second-order valence-corrected chi connectivity index (χ2v) is 7.81. The molecule has 0 bridgehead atoms. The molecule has 4 unspecified atom stereocenters. The normalized spacial score (nSPS) is 28.2. The van der Waals surface area contributed by atoms with Crippen LogP contribution in [-0.2, 0) is 11.0 Å². The van der Waals surface area contributed by atoms with Crippen molar-refractivity contribution in [1.82, 2.24) is 10.6 Å². The third kappa shape index (κ3) is 4.62. The fourth-order valence-corrected chi connectivity index (χ4v) is 4.31. The fourth-order valence-electron chi connectivity index (χ4n) is 4.31. The van der Waals surface area contributed by atoms with E-state index in [-0.39, 0.29) is 30.0 Å². The largest absolute Gasteiger partial charge is 0.417 e. The first kappa shape index (κ1) is 19.7. The molecule has 1 saturated heterocycles. The number of fused-ring (bicyclic) bond motifs is 1. The van der Waals surface area contributed by atoms with Gasteiger partial charge in [0.15, 0.2) is 0 Å². The van der Waals surface area contributed by atoms with Crippen LogP contribution in [0.2, 0.25) is 0 Å². The van der Waals surface area contributed by atoms with Gasteiger partial charge in [0.25, 0.3) is 5.91 Å². The molecular formula is C20H25F3N2O2. The molecule has 7 heteroatoms. The molecular weight excluding hydrogens is 357 g/mol. The lowest BCUT2D eigenvalue weighted by Crippen LogP contribution is -2.52. The van der Waals surface area contributed by atoms with Gasteiger partial charge in [-0.1, -0.05) is 25.5 Å². The zero-order valence-electron chi connectivity index (χ0n) is 15.3. The number of hydrogen-bond donors (Lipinski definition) is 2. The Morgan fingerprint density at radius 1 is 1.22 bits per heavy atom. The zero-order chi connectivity index (χ0) is 19.6. The molecule has 0 aromatic heterocycles. The van der Waals surface area contributed by atoms with Crippen LogP contribution in [0.25, 0.3) is 0 Å². The Balaban J connectivity index is 1.54. The number of carbonyl (C=O) groups is 2. The number of benzene rings is 1. The molecule has 4 atom stereocenters. The summed E-state index contributed by atoms with van der Waals surface area (Å²) in [4.78, 5) is 24.5. The van der Waals surface area contributed by atoms with Gasteiger partial charge in [0.2, 0.25) is 5.91 Å². The van der Waals surface area contributed by atoms with Crippen molar-refractivity contribution in [1.29, 1.82) is 0 Å². The number of piperidine rings is 1. The van der Waals surface area contributed by atoms with Crippen molar-refractivity contribution in [2.75, 3.05) is 6.54 Å². The number of alkyl halides is 3. The predicted octanol–water partition coefficient (Wildman–Crippen LogP) is 3.77. The monoisotopic (exact) mass is 382 g/mol. The van der Waals surface area contributed by atoms with Gasteiger partial charge in [-0.05, 0) is 49.7 Å². The predicted molar refractivity (Wildman–Crippen MR) is 94.9 cm³/mol. The van der Waals surface area contributed by atoms with Gasteiger partial charge in [-0.15, -0.1) is 0 Å². The first-order valence-corrected chi connectivity index (χ1v) is 9.50. The molecule has 1 aliphatic heterocycles. The summed E-state index contributed by atoms with van der Waals surface area (Å²) in [5.74, 6) is 0.123. The van der Waals surface area contributed by atoms with Crippen LogP contribution >= 0.6 is 0 Å². The summed E-state index contributed by atoms with van der Waals surface area (Å²) in [6, 6.07) is 4.97. The van der Waals surface area contributed by atoms with E-state index in [1.165, 1.54) is 18.2 Å². The Kier molecular flexibility index (Phi) is 5.77. The Labute approximate surface area is 156 Å². The maximum atomic E-state index is 13.0. The van der Waals surface area contributed by atoms with E-state index in [0.717, 1.165) is 31.7 Å². The van der Waals surface area contributed by atoms with Crippen LogP contribution in [0.1, 0.15) is 54.9 Å². The third-order valence-corrected chi connectivity index (χ3v) is 5.80. The molecule has 2 aliphatic rings. The molecule has 1 aromatic carbocycles. The van der Waals surface area contributed by atoms with Crippen LogP contribution in [0.3, 0.4) is 0 Å². The lowest BCUT2D eigenvalue weighted by Gasteiger charge is -2.41. The molecule has 1 aromatic rings. The van der Waals surface area contributed by atoms with Crippen molar-refractivity contribution in [3.63, 3.8) is 0 Å². The average Bonchev–Trinajstić information content (AvgIpc) is 2.61. The van der Waals surface area contributed by atoms with Crippen LogP contribution in [-0.4, -0.2) is 24.4 Å². The van der Waals surface area contributed by atoms with E-state index >= 15 is 0 Å². The van der Waals surface area contributed by atoms with Crippen LogP contribution in [0, 0.1) is 17.8 Å². The highest BCUT2D eigenvalue weighted by atomic mass is 19.4. The van der Waals surface area contributed by atoms with Crippen molar-refractivity contribution in [2.24, 2.45) is 17.8 Å². The highest BCUT2D eigenvalue weighted by molar-refractivity contribution is 5.95. The number of halogens is 3. The molecule has 3 rings (SSSR count). The minimum atomic E-state index is -4.58. The first-order chi connectivity index (χ1) is 12.8. The fraction of sp³-hybridized carbons (Fsp3) is 0.600. The maximum Gasteiger partial charge on any atom is 0.417 e. The molecule has 0 radical (unpaired) electrons. The molecule has 2 amide bonds. The number of rotatable bonds is 4. The maximum absolute atomic E-state index is 13.0. The zero-order valence-corrected chi connectivity index (χ0v) is 15.3. The SMILES string of the molecule is CC1CCC2CC(CCNC(=O)c3ccccc3C(F)(F)F)C(=O)NC2C1. The molecule has 0 spiro atoms. The van der Waals surface area contributed by atoms with Crippen LogP contribution in [0.4, 0.5) is 13.2 Å². The van der Waals surface area contributed by atoms with Crippen LogP contribution in [0.5, 0.6) is 0 Å². The van der Waals surface area contributed by atoms with Gasteiger partial charge in [-0.2, -0.15) is 13.2 Å². The topological polar surface area (TPSA) is 58.2 Å². The first-order valence-electron chi connectivity index (χ1n) is 9.50. The van der Waals surface area contributed by atoms with Gasteiger partial charge in [-0.3, -0.25) is 9.59 Å². The van der Waals surface area contributed by atoms with E-state index in [9.17, 15) is 22.8 Å². The summed E-state index contributed by atoms with van der Waals surface area (Å²) < 4.78 is 39.1. The lowest BCUT2D eigenvalue weighted by atomic mass is 9.72. The summed E-state index contributed by atoms with van der Waals surface area (Å²) in [6.45, 7) is 2.37. The van der Waals surface area contributed by atoms with E-state index in [1.807, 2.05) is 0 Å². The van der Waals surface area contributed by atoms with Crippen molar-refractivity contribution in [2.45, 2.75) is 51.2 Å². The minimum absolute atomic E-state index is 0.00436. The molecule has 2 fully saturated rings. The second kappa shape index (κ2) is 7.90. The molecule has 27 heavy (non-hydrogen) atoms. The summed E-state index contributed by atoms with van der Waals surface area (Å²) >= 11 is 0. The van der Waals surface area contributed by atoms with Gasteiger partial charge in [0, 0.05) is 18.5 Å². The molecule has 1 heterocycles. The van der Waals surface area contributed by atoms with Crippen molar-refractivity contribution < 1.29 is 22.8 Å². The van der Waals surface area contributed by atoms with Crippen molar-refractivity contribution >= 4 is 11.8 Å². The summed E-state index contributed by atoms with van der Waals surface area (Å²) in [5, 5.41) is 5.64. The van der Waals surface area contributed by atoms with E-state index < -0.39 is 17.6 Å². The van der Waals surface area contributed by atoms with E-state index in [2.05, 4.69) is 17.6 Å². The molecule has 4 nitrogen and oxygen atoms in total. The number of nitrogens with one attached hydrogen (secondary N) is 2. The minimum Gasteiger partial charge on any atom is -0.353 e. The quantitative estimate of drug-likeness (QED) is 0.833. The van der Waals surface area contributed by atoms with E-state index in [4.69, 9.17) is 0 Å². The van der Waals surface area contributed by atoms with Gasteiger partial charge in [0.1, 0.15) is 0 Å². The summed E-state index contributed by atoms with van der Waals surface area (Å²) in [7, 11) is 0. The lowest BCUT2D eigenvalue weighted by molar-refractivity contribution is -0.138. The van der Waals surface area contributed by atoms with Gasteiger partial charge in [0.05, 0.1) is 11.1 Å². The average molecular weight is 382 g/mol. The van der Waals surface area contributed by atoms with Gasteiger partial charge >= 0.3 is 6.18 Å². The summed E-state index contributed by atoms with van der Waals surface area (Å²) in [5.41, 5.74) is -1.34. The van der Waals surface area contributed by atoms with E-state index in [0.29, 0.717) is 18.3 Å². The molecule has 2 N–H and O–H groups in total. The Morgan fingerprint density at radius 3 is 2.70 bits per heavy atom. The number of amides is 2. The molecule has 1 aliphatic carbocycles. The van der Waals surface area contributed by atoms with Crippen molar-refractivity contribution in [3.05, 3.63) is 35.4 Å². The number of hydrogen-bond acceptors (Lipinski definition) is 2. The Morgan fingerprint density at radius 2 is 1.96 bits per heavy atom. The highest BCUT2D eigenvalue weighted by Crippen LogP contribution is 2.36. The van der Waals surface area contributed by atoms with Crippen molar-refractivity contribution in [3.8, 4) is 0 Å². The standard InChI is InChI=1S/C20H25F3N2O2/c1-12-6-7-13-11-14(18(26)25-17(13)10-12)8-9-24-19(27)15-4-2-3-5-16(15)20(21,22)23/h2-5,12-14,17H,6-11H2,1H3,(H,24,27)(H,25,26). The van der Waals surface area contributed by atoms with E-state index in [1.54, 1.807) is 0 Å². The Bertz CT molecular complexity index is 705. The van der Waals surface area contributed by atoms with Gasteiger partial charge < -0.3 is 10.6 Å². The summed E-state index contributed by atoms with van der Waals surface area (Å²) in [6.07, 6.45) is -0.0934. The second-order valence-electron chi connectivity index (χ2n) is 7.81. The third-order valence-electron chi connectivity index (χ3n) is 5.80. The van der Waals surface area contributed by atoms with Crippen LogP contribution < -0.4 is 10.6 Å². The molecule has 1 saturated carbocycles. The van der Waals surface area contributed by atoms with Crippen LogP contribution in [0.15, 0.2) is 24.3 Å².